The van der Waals surface area contributed by atoms with Crippen LogP contribution in [-0.2, 0) is 4.74 Å². The maximum absolute atomic E-state index is 11.8. The Morgan fingerprint density at radius 1 is 1.35 bits per heavy atom. The number of unbranched alkanes of at least 4 members (excludes halogenated alkanes) is 1. The number of aliphatic hydroxyl groups excluding tert-OH is 1. The molecule has 20 heavy (non-hydrogen) atoms. The Balaban J connectivity index is 3.00. The van der Waals surface area contributed by atoms with Gasteiger partial charge in [-0.05, 0) is 31.5 Å². The molecule has 0 saturated carbocycles. The lowest BCUT2D eigenvalue weighted by molar-refractivity contribution is 0.0526. The Bertz CT molecular complexity index is 435. The number of nitrogens with two attached hydrogens (primary N) is 1. The first-order valence-corrected chi connectivity index (χ1v) is 7.06. The average molecular weight is 280 g/mol. The van der Waals surface area contributed by atoms with Crippen LogP contribution in [0.3, 0.4) is 0 Å². The van der Waals surface area contributed by atoms with Crippen molar-refractivity contribution in [2.45, 2.75) is 26.7 Å². The first-order valence-electron chi connectivity index (χ1n) is 7.06. The van der Waals surface area contributed by atoms with E-state index in [9.17, 15) is 9.90 Å². The summed E-state index contributed by atoms with van der Waals surface area (Å²) in [5, 5.41) is 9.18. The fourth-order valence-corrected chi connectivity index (χ4v) is 1.98. The molecular weight excluding hydrogens is 256 g/mol. The van der Waals surface area contributed by atoms with Gasteiger partial charge in [0.25, 0.3) is 0 Å². The van der Waals surface area contributed by atoms with Crippen molar-refractivity contribution in [2.75, 3.05) is 36.9 Å². The zero-order valence-corrected chi connectivity index (χ0v) is 12.3. The van der Waals surface area contributed by atoms with Crippen LogP contribution in [-0.4, -0.2) is 37.4 Å². The largest absolute Gasteiger partial charge is 0.462 e. The fraction of sp³-hybridized carbons (Fsp3) is 0.533. The van der Waals surface area contributed by atoms with Gasteiger partial charge < -0.3 is 20.5 Å². The summed E-state index contributed by atoms with van der Waals surface area (Å²) in [6, 6.07) is 5.10. The van der Waals surface area contributed by atoms with E-state index < -0.39 is 0 Å². The molecule has 5 nitrogen and oxygen atoms in total. The van der Waals surface area contributed by atoms with Crippen LogP contribution in [0.4, 0.5) is 11.4 Å². The van der Waals surface area contributed by atoms with Gasteiger partial charge in [0, 0.05) is 13.1 Å². The molecule has 0 unspecified atom stereocenters. The van der Waals surface area contributed by atoms with Crippen LogP contribution >= 0.6 is 0 Å². The van der Waals surface area contributed by atoms with Crippen LogP contribution < -0.4 is 10.6 Å². The third kappa shape index (κ3) is 4.42. The number of nitrogen functional groups attached to an aromatic ring is 1. The number of nitrogens with zero attached hydrogens (tertiary/aromatic N) is 1. The molecule has 3 N–H and O–H groups in total. The highest BCUT2D eigenvalue weighted by atomic mass is 16.5. The van der Waals surface area contributed by atoms with Gasteiger partial charge in [0.05, 0.1) is 30.2 Å². The van der Waals surface area contributed by atoms with E-state index in [0.29, 0.717) is 24.4 Å². The Morgan fingerprint density at radius 3 is 2.70 bits per heavy atom. The zero-order valence-electron chi connectivity index (χ0n) is 12.3. The van der Waals surface area contributed by atoms with E-state index in [-0.39, 0.29) is 12.6 Å². The van der Waals surface area contributed by atoms with Gasteiger partial charge in [-0.15, -0.1) is 0 Å². The molecule has 0 amide bonds. The molecule has 0 radical (unpaired) electrons. The van der Waals surface area contributed by atoms with E-state index in [1.54, 1.807) is 25.1 Å². The third-order valence-corrected chi connectivity index (χ3v) is 3.03. The van der Waals surface area contributed by atoms with Crippen molar-refractivity contribution in [1.82, 2.24) is 0 Å². The molecule has 0 aliphatic rings. The normalized spacial score (nSPS) is 10.3. The Kier molecular flexibility index (Phi) is 6.87. The molecule has 0 aromatic heterocycles. The predicted octanol–water partition coefficient (Wildman–Crippen LogP) is 2.04. The quantitative estimate of drug-likeness (QED) is 0.563. The van der Waals surface area contributed by atoms with Crippen LogP contribution in [0, 0.1) is 0 Å². The highest BCUT2D eigenvalue weighted by Gasteiger charge is 2.13. The van der Waals surface area contributed by atoms with Gasteiger partial charge in [-0.1, -0.05) is 13.3 Å². The Labute approximate surface area is 120 Å². The summed E-state index contributed by atoms with van der Waals surface area (Å²) in [6.45, 7) is 5.57. The number of carbonyl (C=O) groups is 1. The SMILES string of the molecule is CCCCN(CCO)c1cc(C(=O)OCC)ccc1N. The second-order valence-electron chi connectivity index (χ2n) is 4.56. The van der Waals surface area contributed by atoms with Crippen LogP contribution in [0.2, 0.25) is 0 Å². The lowest BCUT2D eigenvalue weighted by Crippen LogP contribution is -2.28. The summed E-state index contributed by atoms with van der Waals surface area (Å²) in [7, 11) is 0. The van der Waals surface area contributed by atoms with Crippen molar-refractivity contribution < 1.29 is 14.6 Å². The highest BCUT2D eigenvalue weighted by Crippen LogP contribution is 2.25. The number of aliphatic hydroxyl groups is 1. The van der Waals surface area contributed by atoms with Gasteiger partial charge in [0.2, 0.25) is 0 Å². The van der Waals surface area contributed by atoms with Gasteiger partial charge in [0.1, 0.15) is 0 Å². The number of anilines is 2. The molecule has 1 aromatic carbocycles. The standard InChI is InChI=1S/C15H24N2O3/c1-3-5-8-17(9-10-18)14-11-12(6-7-13(14)16)15(19)20-4-2/h6-7,11,18H,3-5,8-10,16H2,1-2H3. The minimum absolute atomic E-state index is 0.0484. The third-order valence-electron chi connectivity index (χ3n) is 3.03. The van der Waals surface area contributed by atoms with Crippen molar-refractivity contribution in [3.63, 3.8) is 0 Å². The van der Waals surface area contributed by atoms with Gasteiger partial charge in [-0.3, -0.25) is 0 Å². The van der Waals surface area contributed by atoms with Gasteiger partial charge in [-0.25, -0.2) is 4.79 Å². The van der Waals surface area contributed by atoms with Crippen molar-refractivity contribution >= 4 is 17.3 Å². The van der Waals surface area contributed by atoms with Gasteiger partial charge >= 0.3 is 5.97 Å². The van der Waals surface area contributed by atoms with E-state index in [4.69, 9.17) is 10.5 Å². The van der Waals surface area contributed by atoms with Gasteiger partial charge in [-0.2, -0.15) is 0 Å². The molecule has 0 heterocycles. The zero-order chi connectivity index (χ0) is 15.0. The average Bonchev–Trinajstić information content (AvgIpc) is 2.44. The molecule has 5 heteroatoms. The maximum Gasteiger partial charge on any atom is 0.338 e. The molecule has 0 spiro atoms. The van der Waals surface area contributed by atoms with E-state index in [0.717, 1.165) is 25.1 Å². The molecule has 0 bridgehead atoms. The monoisotopic (exact) mass is 280 g/mol. The van der Waals surface area contributed by atoms with Gasteiger partial charge in [0.15, 0.2) is 0 Å². The molecule has 0 atom stereocenters. The predicted molar refractivity (Wildman–Crippen MR) is 81.0 cm³/mol. The minimum Gasteiger partial charge on any atom is -0.462 e. The van der Waals surface area contributed by atoms with Crippen molar-refractivity contribution in [2.24, 2.45) is 0 Å². The van der Waals surface area contributed by atoms with E-state index in [1.807, 2.05) is 4.90 Å². The molecule has 1 rings (SSSR count). The number of hydrogen-bond acceptors (Lipinski definition) is 5. The Hall–Kier alpha value is -1.75. The van der Waals surface area contributed by atoms with E-state index in [1.165, 1.54) is 0 Å². The topological polar surface area (TPSA) is 75.8 Å². The van der Waals surface area contributed by atoms with Crippen LogP contribution in [0.5, 0.6) is 0 Å². The second-order valence-corrected chi connectivity index (χ2v) is 4.56. The summed E-state index contributed by atoms with van der Waals surface area (Å²) in [6.07, 6.45) is 2.06. The maximum atomic E-state index is 11.8. The lowest BCUT2D eigenvalue weighted by atomic mass is 10.1. The van der Waals surface area contributed by atoms with Crippen LogP contribution in [0.25, 0.3) is 0 Å². The number of rotatable bonds is 8. The number of hydrogen-bond donors (Lipinski definition) is 2. The summed E-state index contributed by atoms with van der Waals surface area (Å²) in [5.41, 5.74) is 7.85. The number of esters is 1. The van der Waals surface area contributed by atoms with Crippen molar-refractivity contribution in [3.05, 3.63) is 23.8 Å². The summed E-state index contributed by atoms with van der Waals surface area (Å²) >= 11 is 0. The molecule has 0 fully saturated rings. The second kappa shape index (κ2) is 8.43. The number of carbonyl (C=O) groups excluding carboxylic acids is 1. The smallest absolute Gasteiger partial charge is 0.338 e. The lowest BCUT2D eigenvalue weighted by Gasteiger charge is -2.25. The van der Waals surface area contributed by atoms with E-state index >= 15 is 0 Å². The highest BCUT2D eigenvalue weighted by molar-refractivity contribution is 5.92. The van der Waals surface area contributed by atoms with Crippen molar-refractivity contribution in [3.8, 4) is 0 Å². The van der Waals surface area contributed by atoms with Crippen molar-refractivity contribution in [1.29, 1.82) is 0 Å². The number of benzene rings is 1. The first kappa shape index (κ1) is 16.3. The van der Waals surface area contributed by atoms with Crippen LogP contribution in [0.15, 0.2) is 18.2 Å². The molecule has 1 aromatic rings. The first-order chi connectivity index (χ1) is 9.63. The molecular formula is C15H24N2O3. The minimum atomic E-state index is -0.354. The molecule has 0 aliphatic carbocycles. The Morgan fingerprint density at radius 2 is 2.10 bits per heavy atom. The van der Waals surface area contributed by atoms with E-state index in [2.05, 4.69) is 6.92 Å². The summed E-state index contributed by atoms with van der Waals surface area (Å²) in [5.74, 6) is -0.354. The molecule has 112 valence electrons. The summed E-state index contributed by atoms with van der Waals surface area (Å²) in [4.78, 5) is 13.8. The molecule has 0 saturated heterocycles. The summed E-state index contributed by atoms with van der Waals surface area (Å²) < 4.78 is 5.00. The fourth-order valence-electron chi connectivity index (χ4n) is 1.98. The molecule has 0 aliphatic heterocycles. The van der Waals surface area contributed by atoms with Crippen LogP contribution in [0.1, 0.15) is 37.0 Å². The number of ether oxygens (including phenoxy) is 1.